The van der Waals surface area contributed by atoms with E-state index in [0.29, 0.717) is 0 Å². The van der Waals surface area contributed by atoms with Crippen LogP contribution in [-0.2, 0) is 4.74 Å². The van der Waals surface area contributed by atoms with Crippen molar-refractivity contribution in [2.45, 2.75) is 45.6 Å². The Bertz CT molecular complexity index is 212. The maximum atomic E-state index is 5.98. The van der Waals surface area contributed by atoms with Crippen molar-refractivity contribution in [1.29, 1.82) is 0 Å². The number of methoxy groups -OCH3 is 1. The molecule has 0 aliphatic carbocycles. The molecule has 1 atom stereocenters. The molecule has 1 unspecified atom stereocenters. The highest BCUT2D eigenvalue weighted by Crippen LogP contribution is 2.29. The van der Waals surface area contributed by atoms with Crippen LogP contribution in [-0.4, -0.2) is 43.8 Å². The van der Waals surface area contributed by atoms with Crippen LogP contribution in [0.15, 0.2) is 0 Å². The first-order valence-corrected chi connectivity index (χ1v) is 6.97. The molecular weight excluding hydrogens is 212 g/mol. The minimum absolute atomic E-state index is 0.123. The summed E-state index contributed by atoms with van der Waals surface area (Å²) < 4.78 is 5.21. The van der Waals surface area contributed by atoms with E-state index in [4.69, 9.17) is 10.5 Å². The summed E-state index contributed by atoms with van der Waals surface area (Å²) in [5, 5.41) is 0. The monoisotopic (exact) mass is 242 g/mol. The van der Waals surface area contributed by atoms with Crippen molar-refractivity contribution in [2.24, 2.45) is 17.6 Å². The van der Waals surface area contributed by atoms with Crippen molar-refractivity contribution in [3.05, 3.63) is 0 Å². The first-order valence-electron chi connectivity index (χ1n) is 6.97. The largest absolute Gasteiger partial charge is 0.385 e. The first kappa shape index (κ1) is 14.9. The maximum absolute atomic E-state index is 5.98. The Balaban J connectivity index is 2.49. The molecule has 1 fully saturated rings. The molecule has 1 saturated heterocycles. The van der Waals surface area contributed by atoms with E-state index in [2.05, 4.69) is 25.7 Å². The molecule has 0 aromatic carbocycles. The second kappa shape index (κ2) is 6.72. The fraction of sp³-hybridized carbons (Fsp3) is 1.00. The summed E-state index contributed by atoms with van der Waals surface area (Å²) in [6.07, 6.45) is 3.67. The average Bonchev–Trinajstić information content (AvgIpc) is 2.36. The van der Waals surface area contributed by atoms with Gasteiger partial charge in [0.15, 0.2) is 0 Å². The highest BCUT2D eigenvalue weighted by Gasteiger charge is 2.33. The number of piperidine rings is 1. The Morgan fingerprint density at radius 3 is 2.35 bits per heavy atom. The molecule has 2 N–H and O–H groups in total. The summed E-state index contributed by atoms with van der Waals surface area (Å²) in [6.45, 7) is 10.9. The van der Waals surface area contributed by atoms with Crippen LogP contribution in [0, 0.1) is 11.8 Å². The topological polar surface area (TPSA) is 38.5 Å². The molecule has 0 amide bonds. The van der Waals surface area contributed by atoms with E-state index in [9.17, 15) is 0 Å². The third-order valence-corrected chi connectivity index (χ3v) is 4.53. The van der Waals surface area contributed by atoms with Crippen LogP contribution < -0.4 is 5.73 Å². The third kappa shape index (κ3) is 3.94. The molecule has 0 aromatic heterocycles. The summed E-state index contributed by atoms with van der Waals surface area (Å²) in [7, 11) is 1.77. The van der Waals surface area contributed by atoms with Crippen molar-refractivity contribution in [2.75, 3.05) is 33.4 Å². The second-order valence-electron chi connectivity index (χ2n) is 6.01. The summed E-state index contributed by atoms with van der Waals surface area (Å²) in [6, 6.07) is 0. The lowest BCUT2D eigenvalue weighted by molar-refractivity contribution is 0.0335. The Morgan fingerprint density at radius 1 is 1.35 bits per heavy atom. The van der Waals surface area contributed by atoms with Gasteiger partial charge in [0.2, 0.25) is 0 Å². The highest BCUT2D eigenvalue weighted by molar-refractivity contribution is 4.90. The van der Waals surface area contributed by atoms with Crippen LogP contribution in [0.25, 0.3) is 0 Å². The van der Waals surface area contributed by atoms with E-state index in [-0.39, 0.29) is 5.54 Å². The Morgan fingerprint density at radius 2 is 1.94 bits per heavy atom. The number of ether oxygens (including phenoxy) is 1. The number of rotatable bonds is 6. The van der Waals surface area contributed by atoms with Crippen LogP contribution in [0.5, 0.6) is 0 Å². The third-order valence-electron chi connectivity index (χ3n) is 4.53. The van der Waals surface area contributed by atoms with Gasteiger partial charge in [-0.2, -0.15) is 0 Å². The van der Waals surface area contributed by atoms with E-state index in [1.807, 2.05) is 0 Å². The van der Waals surface area contributed by atoms with Crippen molar-refractivity contribution in [1.82, 2.24) is 4.90 Å². The molecule has 3 nitrogen and oxygen atoms in total. The number of hydrogen-bond acceptors (Lipinski definition) is 3. The summed E-state index contributed by atoms with van der Waals surface area (Å²) >= 11 is 0. The van der Waals surface area contributed by atoms with Gasteiger partial charge in [-0.15, -0.1) is 0 Å². The number of likely N-dealkylation sites (tertiary alicyclic amines) is 1. The maximum Gasteiger partial charge on any atom is 0.0480 e. The van der Waals surface area contributed by atoms with Crippen LogP contribution in [0.2, 0.25) is 0 Å². The lowest BCUT2D eigenvalue weighted by Gasteiger charge is -2.45. The van der Waals surface area contributed by atoms with Crippen LogP contribution in [0.3, 0.4) is 0 Å². The van der Waals surface area contributed by atoms with Crippen molar-refractivity contribution in [3.63, 3.8) is 0 Å². The molecule has 1 aliphatic heterocycles. The van der Waals surface area contributed by atoms with E-state index in [0.717, 1.165) is 31.4 Å². The van der Waals surface area contributed by atoms with E-state index in [1.165, 1.54) is 25.9 Å². The molecular formula is C14H30N2O. The number of nitrogens with zero attached hydrogens (tertiary/aromatic N) is 1. The molecule has 0 aromatic rings. The average molecular weight is 242 g/mol. The SMILES string of the molecule is COCCC(C)(CN)N1CCC(C(C)C)CC1. The zero-order chi connectivity index (χ0) is 12.9. The van der Waals surface area contributed by atoms with Crippen molar-refractivity contribution in [3.8, 4) is 0 Å². The van der Waals surface area contributed by atoms with E-state index < -0.39 is 0 Å². The molecule has 0 spiro atoms. The Labute approximate surface area is 107 Å². The van der Waals surface area contributed by atoms with Crippen molar-refractivity contribution < 1.29 is 4.74 Å². The van der Waals surface area contributed by atoms with Gasteiger partial charge in [-0.1, -0.05) is 13.8 Å². The summed E-state index contributed by atoms with van der Waals surface area (Å²) in [4.78, 5) is 2.57. The van der Waals surface area contributed by atoms with E-state index >= 15 is 0 Å². The number of hydrogen-bond donors (Lipinski definition) is 1. The Kier molecular flexibility index (Phi) is 5.90. The molecule has 3 heteroatoms. The van der Waals surface area contributed by atoms with Gasteiger partial charge < -0.3 is 10.5 Å². The minimum Gasteiger partial charge on any atom is -0.385 e. The van der Waals surface area contributed by atoms with Crippen molar-refractivity contribution >= 4 is 0 Å². The first-order chi connectivity index (χ1) is 8.03. The summed E-state index contributed by atoms with van der Waals surface area (Å²) in [5.41, 5.74) is 6.10. The molecule has 0 saturated carbocycles. The highest BCUT2D eigenvalue weighted by atomic mass is 16.5. The van der Waals surface area contributed by atoms with Gasteiger partial charge in [0.1, 0.15) is 0 Å². The summed E-state index contributed by atoms with van der Waals surface area (Å²) in [5.74, 6) is 1.72. The zero-order valence-electron chi connectivity index (χ0n) is 12.0. The predicted octanol–water partition coefficient (Wildman–Crippen LogP) is 2.11. The van der Waals surface area contributed by atoms with Gasteiger partial charge in [-0.05, 0) is 51.1 Å². The van der Waals surface area contributed by atoms with Gasteiger partial charge in [0.25, 0.3) is 0 Å². The molecule has 1 aliphatic rings. The lowest BCUT2D eigenvalue weighted by Crippen LogP contribution is -2.55. The van der Waals surface area contributed by atoms with Gasteiger partial charge in [-0.25, -0.2) is 0 Å². The molecule has 0 radical (unpaired) electrons. The van der Waals surface area contributed by atoms with Crippen LogP contribution in [0.1, 0.15) is 40.0 Å². The predicted molar refractivity (Wildman–Crippen MR) is 73.1 cm³/mol. The molecule has 1 rings (SSSR count). The molecule has 17 heavy (non-hydrogen) atoms. The van der Waals surface area contributed by atoms with E-state index in [1.54, 1.807) is 7.11 Å². The standard InChI is InChI=1S/C14H30N2O/c1-12(2)13-5-8-16(9-6-13)14(3,11-15)7-10-17-4/h12-13H,5-11,15H2,1-4H3. The molecule has 1 heterocycles. The normalized spacial score (nSPS) is 22.9. The second-order valence-corrected chi connectivity index (χ2v) is 6.01. The molecule has 0 bridgehead atoms. The quantitative estimate of drug-likeness (QED) is 0.775. The van der Waals surface area contributed by atoms with Crippen LogP contribution >= 0.6 is 0 Å². The minimum atomic E-state index is 0.123. The van der Waals surface area contributed by atoms with Gasteiger partial charge in [0, 0.05) is 25.8 Å². The lowest BCUT2D eigenvalue weighted by atomic mass is 9.84. The fourth-order valence-electron chi connectivity index (χ4n) is 2.82. The van der Waals surface area contributed by atoms with Gasteiger partial charge in [0.05, 0.1) is 0 Å². The smallest absolute Gasteiger partial charge is 0.0480 e. The van der Waals surface area contributed by atoms with Gasteiger partial charge in [-0.3, -0.25) is 4.90 Å². The van der Waals surface area contributed by atoms with Crippen LogP contribution in [0.4, 0.5) is 0 Å². The molecule has 102 valence electrons. The van der Waals surface area contributed by atoms with Gasteiger partial charge >= 0.3 is 0 Å². The number of nitrogens with two attached hydrogens (primary N) is 1. The Hall–Kier alpha value is -0.120. The zero-order valence-corrected chi connectivity index (χ0v) is 12.0. The fourth-order valence-corrected chi connectivity index (χ4v) is 2.82.